The van der Waals surface area contributed by atoms with Crippen molar-refractivity contribution < 1.29 is 8.83 Å². The number of fused-ring (bicyclic) bond motifs is 13. The second-order valence-corrected chi connectivity index (χ2v) is 32.3. The van der Waals surface area contributed by atoms with Crippen LogP contribution >= 0.6 is 0 Å². The van der Waals surface area contributed by atoms with Crippen LogP contribution in [-0.4, -0.2) is 23.1 Å². The molecule has 25 rings (SSSR count). The molecule has 3 aliphatic heterocycles. The molecule has 3 atom stereocenters. The number of rotatable bonds is 8. The van der Waals surface area contributed by atoms with E-state index in [0.717, 1.165) is 150 Å². The van der Waals surface area contributed by atoms with E-state index in [1.165, 1.54) is 82.8 Å². The molecule has 0 radical (unpaired) electrons. The quantitative estimate of drug-likeness (QED) is 0.141. The molecule has 6 heteroatoms. The van der Waals surface area contributed by atoms with Gasteiger partial charge in [0, 0.05) is 78.0 Å². The van der Waals surface area contributed by atoms with Gasteiger partial charge in [0.05, 0.1) is 40.9 Å². The van der Waals surface area contributed by atoms with Crippen LogP contribution in [0.1, 0.15) is 47.2 Å². The number of benzene rings is 14. The van der Waals surface area contributed by atoms with E-state index in [1.54, 1.807) is 0 Å². The molecule has 0 N–H and O–H groups in total. The monoisotopic (exact) mass is 1470 g/mol. The van der Waals surface area contributed by atoms with Gasteiger partial charge in [-0.15, -0.1) is 0 Å². The fourth-order valence-electron chi connectivity index (χ4n) is 20.6. The molecular formula is C109H70N4O2. The number of pyridine rings is 1. The Balaban J connectivity index is 0.780. The second-order valence-electron chi connectivity index (χ2n) is 32.3. The number of furan rings is 2. The zero-order valence-electron chi connectivity index (χ0n) is 63.1. The van der Waals surface area contributed by atoms with Crippen LogP contribution in [0.4, 0.5) is 34.1 Å². The van der Waals surface area contributed by atoms with Crippen LogP contribution < -0.4 is 14.7 Å². The fraction of sp³-hybridized carbons (Fsp3) is 0.0550. The Hall–Kier alpha value is -14.6. The van der Waals surface area contributed by atoms with Crippen LogP contribution in [0.3, 0.4) is 0 Å². The molecule has 0 bridgehead atoms. The van der Waals surface area contributed by atoms with Crippen molar-refractivity contribution in [2.24, 2.45) is 0 Å². The van der Waals surface area contributed by atoms with Crippen molar-refractivity contribution in [3.63, 3.8) is 0 Å². The van der Waals surface area contributed by atoms with Crippen LogP contribution in [0.15, 0.2) is 384 Å². The number of hydrogen-bond acceptors (Lipinski definition) is 6. The van der Waals surface area contributed by atoms with Crippen molar-refractivity contribution >= 4 is 139 Å². The number of nitrogens with zero attached hydrogens (tertiary/aromatic N) is 4. The standard InChI is InChI=1S/C109H70N4O2/c1-109(2)88-35-16-13-31-78(88)79-47-45-71(61-89(79)109)90-36-22-37-91(110-90)83-49-48-82-87-62-76(111-92-38-17-12-30-73(92)60-86-77(34-21-42-97(86)111)70-44-43-69-55-66-27-9-10-28-67(66)56-74(69)58-70)63-100-102(87)103-80(50-53-98(107(103)114-100)113-95-40-19-14-32-84(95)101(65-25-7-4-8-26-65)85-33-15-20-41-96(85)113)81-51-54-99(108-105(81)104(82)106(83)115-108)112-93-39-18-11-29-72(93)59-75-57-68(46-52-94(75)112)64-23-5-3-6-24-64/h3-63,92-93,95H,1-2H3. The van der Waals surface area contributed by atoms with E-state index >= 15 is 0 Å². The van der Waals surface area contributed by atoms with Gasteiger partial charge in [-0.2, -0.15) is 0 Å². The Bertz CT molecular complexity index is 7650. The third kappa shape index (κ3) is 9.36. The second kappa shape index (κ2) is 24.2. The van der Waals surface area contributed by atoms with Gasteiger partial charge >= 0.3 is 0 Å². The Morgan fingerprint density at radius 2 is 0.904 bits per heavy atom. The van der Waals surface area contributed by atoms with Gasteiger partial charge in [0.15, 0.2) is 11.2 Å². The largest absolute Gasteiger partial charge is 0.454 e. The summed E-state index contributed by atoms with van der Waals surface area (Å²) in [5, 5.41) is 13.2. The number of anilines is 6. The Kier molecular flexibility index (Phi) is 13.5. The van der Waals surface area contributed by atoms with E-state index in [2.05, 4.69) is 399 Å². The lowest BCUT2D eigenvalue weighted by Crippen LogP contribution is -2.36. The Labute approximate surface area is 664 Å². The highest BCUT2D eigenvalue weighted by Gasteiger charge is 2.40. The summed E-state index contributed by atoms with van der Waals surface area (Å²) in [5.41, 5.74) is 32.3. The van der Waals surface area contributed by atoms with Gasteiger partial charge in [-0.3, -0.25) is 0 Å². The lowest BCUT2D eigenvalue weighted by Gasteiger charge is -2.40. The molecule has 6 nitrogen and oxygen atoms in total. The first-order chi connectivity index (χ1) is 56.8. The molecule has 0 fully saturated rings. The van der Waals surface area contributed by atoms with Crippen molar-refractivity contribution in [3.8, 4) is 55.9 Å². The van der Waals surface area contributed by atoms with Gasteiger partial charge in [-0.25, -0.2) is 4.98 Å². The van der Waals surface area contributed by atoms with Crippen LogP contribution in [0.25, 0.3) is 161 Å². The number of para-hydroxylation sites is 1. The van der Waals surface area contributed by atoms with Gasteiger partial charge < -0.3 is 23.5 Å². The average Bonchev–Trinajstić information content (AvgIpc) is 1.54. The summed E-state index contributed by atoms with van der Waals surface area (Å²) in [6, 6.07) is 105. The Morgan fingerprint density at radius 3 is 1.72 bits per heavy atom. The molecular weight excluding hydrogens is 1400 g/mol. The molecule has 115 heavy (non-hydrogen) atoms. The first-order valence-electron chi connectivity index (χ1n) is 40.1. The summed E-state index contributed by atoms with van der Waals surface area (Å²) in [4.78, 5) is 13.4. The SMILES string of the molecule is CC1(C)c2ccccc2-c2ccc(-c3cccc(-c4ccc5c6cc(N7c8cccc(-c9ccc%10cc%11ccccc%11cc%10c9)c8C=C8C=CC=CC87)cc7oc8c(N9c%10ccccc%10C(c%10ccccc%10)=C%10C=CC=CC%109)ccc(c9ccc(N%10c%11ccc(-c%12ccccc%12)cc%11C=C%11C=CC=CC%11%10)c%10oc4c5c%109)c8c76)n3)cc21. The maximum atomic E-state index is 8.16. The normalized spacial score (nSPS) is 17.3. The molecule has 0 spiro atoms. The molecule has 0 amide bonds. The maximum Gasteiger partial charge on any atom is 0.159 e. The Morgan fingerprint density at radius 1 is 0.322 bits per heavy atom. The summed E-state index contributed by atoms with van der Waals surface area (Å²) >= 11 is 0. The summed E-state index contributed by atoms with van der Waals surface area (Å²) in [6.45, 7) is 4.70. The number of hydrogen-bond donors (Lipinski definition) is 0. The average molecular weight is 1470 g/mol. The van der Waals surface area contributed by atoms with Crippen molar-refractivity contribution in [2.45, 2.75) is 37.4 Å². The molecule has 0 saturated carbocycles. The van der Waals surface area contributed by atoms with Gasteiger partial charge in [0.1, 0.15) is 11.2 Å². The topological polar surface area (TPSA) is 48.9 Å². The zero-order chi connectivity index (χ0) is 75.5. The summed E-state index contributed by atoms with van der Waals surface area (Å²) in [6.07, 6.45) is 31.9. The number of aromatic nitrogens is 1. The van der Waals surface area contributed by atoms with E-state index < -0.39 is 0 Å². The predicted octanol–water partition coefficient (Wildman–Crippen LogP) is 28.4. The molecule has 7 aliphatic rings. The highest BCUT2D eigenvalue weighted by Crippen LogP contribution is 2.58. The first-order valence-corrected chi connectivity index (χ1v) is 40.1. The minimum atomic E-state index is -0.187. The minimum Gasteiger partial charge on any atom is -0.454 e. The third-order valence-electron chi connectivity index (χ3n) is 25.8. The maximum absolute atomic E-state index is 8.16. The van der Waals surface area contributed by atoms with Gasteiger partial charge in [0.25, 0.3) is 0 Å². The molecule has 0 saturated heterocycles. The molecule has 15 aromatic carbocycles. The van der Waals surface area contributed by atoms with E-state index in [-0.39, 0.29) is 23.5 Å². The lowest BCUT2D eigenvalue weighted by atomic mass is 9.82. The molecule has 538 valence electrons. The van der Waals surface area contributed by atoms with Crippen LogP contribution in [0, 0.1) is 0 Å². The number of allylic oxidation sites excluding steroid dienone is 6. The lowest BCUT2D eigenvalue weighted by molar-refractivity contribution is 0.660. The summed E-state index contributed by atoms with van der Waals surface area (Å²) in [7, 11) is 0. The van der Waals surface area contributed by atoms with Crippen molar-refractivity contribution in [2.75, 3.05) is 14.7 Å². The molecule has 3 aromatic heterocycles. The minimum absolute atomic E-state index is 0.144. The van der Waals surface area contributed by atoms with Crippen molar-refractivity contribution in [3.05, 3.63) is 408 Å². The molecule has 18 aromatic rings. The van der Waals surface area contributed by atoms with Gasteiger partial charge in [-0.05, 0) is 218 Å². The highest BCUT2D eigenvalue weighted by molar-refractivity contribution is 6.39. The summed E-state index contributed by atoms with van der Waals surface area (Å²) < 4.78 is 16.2. The van der Waals surface area contributed by atoms with Crippen molar-refractivity contribution in [1.29, 1.82) is 0 Å². The van der Waals surface area contributed by atoms with Crippen LogP contribution in [0.2, 0.25) is 0 Å². The molecule has 4 aliphatic carbocycles. The van der Waals surface area contributed by atoms with Gasteiger partial charge in [-0.1, -0.05) is 281 Å². The smallest absolute Gasteiger partial charge is 0.159 e. The predicted molar refractivity (Wildman–Crippen MR) is 480 cm³/mol. The zero-order valence-corrected chi connectivity index (χ0v) is 63.1. The van der Waals surface area contributed by atoms with Crippen LogP contribution in [-0.2, 0) is 5.41 Å². The van der Waals surface area contributed by atoms with Crippen LogP contribution in [0.5, 0.6) is 0 Å². The van der Waals surface area contributed by atoms with Crippen molar-refractivity contribution in [1.82, 2.24) is 4.98 Å². The highest BCUT2D eigenvalue weighted by atomic mass is 16.3. The molecule has 6 heterocycles. The van der Waals surface area contributed by atoms with E-state index in [1.807, 2.05) is 0 Å². The fourth-order valence-corrected chi connectivity index (χ4v) is 20.6. The summed E-state index contributed by atoms with van der Waals surface area (Å²) in [5.74, 6) is 0. The third-order valence-corrected chi connectivity index (χ3v) is 25.8. The van der Waals surface area contributed by atoms with E-state index in [4.69, 9.17) is 13.8 Å². The van der Waals surface area contributed by atoms with Gasteiger partial charge in [0.2, 0.25) is 0 Å². The van der Waals surface area contributed by atoms with E-state index in [0.29, 0.717) is 0 Å². The van der Waals surface area contributed by atoms with E-state index in [9.17, 15) is 0 Å². The molecule has 3 unspecified atom stereocenters. The first kappa shape index (κ1) is 64.1.